The minimum absolute atomic E-state index is 0.138. The zero-order valence-corrected chi connectivity index (χ0v) is 13.3. The van der Waals surface area contributed by atoms with E-state index in [1.807, 2.05) is 50.9 Å². The average molecular weight is 525 g/mol. The maximum absolute atomic E-state index is 10.8. The van der Waals surface area contributed by atoms with Crippen molar-refractivity contribution in [2.75, 3.05) is 32.8 Å². The van der Waals surface area contributed by atoms with Gasteiger partial charge in [-0.3, -0.25) is 9.69 Å². The number of halogens is 3. The average Bonchev–Trinajstić information content (AvgIpc) is 2.09. The highest BCUT2D eigenvalue weighted by atomic mass is 127. The van der Waals surface area contributed by atoms with Crippen molar-refractivity contribution in [3.63, 3.8) is 0 Å². The fraction of sp³-hybridized carbons (Fsp3) is 0.833. The van der Waals surface area contributed by atoms with Crippen molar-refractivity contribution >= 4 is 72.4 Å². The van der Waals surface area contributed by atoms with E-state index in [1.54, 1.807) is 22.6 Å². The van der Waals surface area contributed by atoms with E-state index in [4.69, 9.17) is 6.13 Å². The van der Waals surface area contributed by atoms with Crippen molar-refractivity contribution in [2.45, 2.75) is 0 Å². The van der Waals surface area contributed by atoms with Crippen LogP contribution in [0, 0.1) is 0 Å². The number of hydrogen-bond donors (Lipinski definition) is 0. The van der Waals surface area contributed by atoms with Gasteiger partial charge in [0.2, 0.25) is 3.79 Å². The van der Waals surface area contributed by atoms with Gasteiger partial charge in [-0.15, -0.1) is 0 Å². The summed E-state index contributed by atoms with van der Waals surface area (Å²) in [6, 6.07) is 0. The molecule has 0 aromatic carbocycles. The maximum atomic E-state index is 10.8. The molecule has 0 unspecified atom stereocenters. The van der Waals surface area contributed by atoms with E-state index in [1.165, 1.54) is 0 Å². The highest BCUT2D eigenvalue weighted by Crippen LogP contribution is 1.97. The van der Waals surface area contributed by atoms with Gasteiger partial charge in [0.25, 0.3) is 0 Å². The number of hydrogen-bond acceptors (Lipinski definition) is 4. The summed E-state index contributed by atoms with van der Waals surface area (Å²) in [4.78, 5) is 12.8. The molecule has 0 atom stereocenters. The van der Waals surface area contributed by atoms with Gasteiger partial charge in [-0.25, -0.2) is 0 Å². The molecule has 7 heteroatoms. The first kappa shape index (κ1) is 14.7. The number of rotatable bonds is 8. The molecule has 78 valence electrons. The second kappa shape index (κ2) is 10.3. The molecule has 0 aromatic rings. The smallest absolute Gasteiger partial charge is 0.206 e. The molecule has 0 aliphatic rings. The molecular formula is C6H10I3NO3. The van der Waals surface area contributed by atoms with Crippen molar-refractivity contribution in [3.05, 3.63) is 0 Å². The van der Waals surface area contributed by atoms with Crippen molar-refractivity contribution in [2.24, 2.45) is 0 Å². The Morgan fingerprint density at radius 1 is 1.15 bits per heavy atom. The molecule has 0 radical (unpaired) electrons. The minimum Gasteiger partial charge on any atom is -0.314 e. The molecule has 0 saturated heterocycles. The Morgan fingerprint density at radius 2 is 1.62 bits per heavy atom. The monoisotopic (exact) mass is 525 g/mol. The van der Waals surface area contributed by atoms with Crippen LogP contribution in [-0.4, -0.2) is 41.5 Å². The van der Waals surface area contributed by atoms with Gasteiger partial charge in [-0.1, -0.05) is 0 Å². The quantitative estimate of drug-likeness (QED) is 0.360. The molecule has 0 bridgehead atoms. The third-order valence-corrected chi connectivity index (χ3v) is 2.54. The van der Waals surface area contributed by atoms with Gasteiger partial charge in [0.1, 0.15) is 46.0 Å². The number of carbonyl (C=O) groups excluding carboxylic acids is 1. The lowest BCUT2D eigenvalue weighted by atomic mass is 10.5. The van der Waals surface area contributed by atoms with E-state index in [-0.39, 0.29) is 3.79 Å². The Hall–Kier alpha value is 1.74. The summed E-state index contributed by atoms with van der Waals surface area (Å²) >= 11 is 5.49. The second-order valence-electron chi connectivity index (χ2n) is 2.26. The SMILES string of the molecule is O=C(I)CN(CCOI)CCOI. The predicted molar refractivity (Wildman–Crippen MR) is 75.4 cm³/mol. The third-order valence-electron chi connectivity index (χ3n) is 1.32. The van der Waals surface area contributed by atoms with Gasteiger partial charge in [0.05, 0.1) is 19.8 Å². The predicted octanol–water partition coefficient (Wildman–Crippen LogP) is 1.98. The van der Waals surface area contributed by atoms with Crippen LogP contribution in [0.5, 0.6) is 0 Å². The van der Waals surface area contributed by atoms with Crippen LogP contribution in [0.4, 0.5) is 0 Å². The van der Waals surface area contributed by atoms with Crippen molar-refractivity contribution < 1.29 is 10.9 Å². The summed E-state index contributed by atoms with van der Waals surface area (Å²) in [5.41, 5.74) is 0. The third kappa shape index (κ3) is 10.0. The molecule has 0 aliphatic heterocycles. The summed E-state index contributed by atoms with van der Waals surface area (Å²) in [6.45, 7) is 3.24. The summed E-state index contributed by atoms with van der Waals surface area (Å²) in [5, 5.41) is 0. The van der Waals surface area contributed by atoms with E-state index >= 15 is 0 Å². The second-order valence-corrected chi connectivity index (χ2v) is 4.71. The van der Waals surface area contributed by atoms with E-state index in [2.05, 4.69) is 0 Å². The molecule has 0 rings (SSSR count). The molecule has 0 amide bonds. The molecule has 0 aliphatic carbocycles. The van der Waals surface area contributed by atoms with Gasteiger partial charge < -0.3 is 6.13 Å². The Kier molecular flexibility index (Phi) is 11.6. The topological polar surface area (TPSA) is 38.8 Å². The Balaban J connectivity index is 3.66. The fourth-order valence-electron chi connectivity index (χ4n) is 0.773. The van der Waals surface area contributed by atoms with Crippen molar-refractivity contribution in [3.8, 4) is 0 Å². The zero-order valence-electron chi connectivity index (χ0n) is 6.84. The van der Waals surface area contributed by atoms with Crippen molar-refractivity contribution in [1.29, 1.82) is 0 Å². The first-order chi connectivity index (χ1) is 6.20. The molecule has 0 fully saturated rings. The van der Waals surface area contributed by atoms with Gasteiger partial charge in [0.15, 0.2) is 0 Å². The summed E-state index contributed by atoms with van der Waals surface area (Å²) < 4.78 is 9.95. The van der Waals surface area contributed by atoms with Crippen LogP contribution in [0.25, 0.3) is 0 Å². The van der Waals surface area contributed by atoms with Crippen molar-refractivity contribution in [1.82, 2.24) is 4.90 Å². The van der Waals surface area contributed by atoms with Crippen LogP contribution in [-0.2, 0) is 10.9 Å². The summed E-state index contributed by atoms with van der Waals surface area (Å²) in [5.74, 6) is 0. The normalized spacial score (nSPS) is 10.8. The fourth-order valence-corrected chi connectivity index (χ4v) is 1.65. The van der Waals surface area contributed by atoms with Crippen LogP contribution in [0.15, 0.2) is 0 Å². The minimum atomic E-state index is 0.138. The van der Waals surface area contributed by atoms with Crippen LogP contribution in [0.2, 0.25) is 0 Å². The van der Waals surface area contributed by atoms with Gasteiger partial charge in [-0.05, 0) is 0 Å². The number of carbonyl (C=O) groups is 1. The van der Waals surface area contributed by atoms with E-state index < -0.39 is 0 Å². The molecule has 0 N–H and O–H groups in total. The van der Waals surface area contributed by atoms with E-state index in [9.17, 15) is 4.79 Å². The molecule has 0 heterocycles. The first-order valence-corrected chi connectivity index (χ1v) is 6.42. The molecular weight excluding hydrogens is 515 g/mol. The Morgan fingerprint density at radius 3 is 1.92 bits per heavy atom. The highest BCUT2D eigenvalue weighted by molar-refractivity contribution is 14.1. The largest absolute Gasteiger partial charge is 0.314 e. The van der Waals surface area contributed by atoms with Gasteiger partial charge >= 0.3 is 0 Å². The van der Waals surface area contributed by atoms with Crippen LogP contribution in [0.1, 0.15) is 0 Å². The first-order valence-electron chi connectivity index (χ1n) is 3.58. The van der Waals surface area contributed by atoms with Gasteiger partial charge in [0, 0.05) is 35.7 Å². The maximum Gasteiger partial charge on any atom is 0.206 e. The molecule has 4 nitrogen and oxygen atoms in total. The van der Waals surface area contributed by atoms with Crippen LogP contribution >= 0.6 is 68.6 Å². The van der Waals surface area contributed by atoms with Gasteiger partial charge in [-0.2, -0.15) is 0 Å². The molecule has 0 saturated carbocycles. The van der Waals surface area contributed by atoms with E-state index in [0.717, 1.165) is 13.1 Å². The van der Waals surface area contributed by atoms with Crippen LogP contribution in [0.3, 0.4) is 0 Å². The Labute approximate surface area is 120 Å². The lowest BCUT2D eigenvalue weighted by molar-refractivity contribution is -0.110. The molecule has 13 heavy (non-hydrogen) atoms. The Bertz CT molecular complexity index is 139. The zero-order chi connectivity index (χ0) is 10.1. The number of nitrogens with zero attached hydrogens (tertiary/aromatic N) is 1. The van der Waals surface area contributed by atoms with Crippen LogP contribution < -0.4 is 0 Å². The lowest BCUT2D eigenvalue weighted by Crippen LogP contribution is -2.33. The summed E-state index contributed by atoms with van der Waals surface area (Å²) in [7, 11) is 0. The molecule has 0 spiro atoms. The summed E-state index contributed by atoms with van der Waals surface area (Å²) in [6.07, 6.45) is 0. The van der Waals surface area contributed by atoms with E-state index in [0.29, 0.717) is 19.8 Å². The standard InChI is InChI=1S/C6H10I3NO3/c7-6(11)5-10(1-3-12-8)2-4-13-9/h1-5H2. The lowest BCUT2D eigenvalue weighted by Gasteiger charge is -2.18. The highest BCUT2D eigenvalue weighted by Gasteiger charge is 2.07. The molecule has 0 aromatic heterocycles.